The van der Waals surface area contributed by atoms with Gasteiger partial charge in [-0.05, 0) is 6.07 Å². The molecule has 0 bridgehead atoms. The molecule has 0 aliphatic carbocycles. The van der Waals surface area contributed by atoms with Crippen LogP contribution < -0.4 is 0 Å². The Morgan fingerprint density at radius 2 is 1.83 bits per heavy atom. The number of nitrogens with zero attached hydrogens (tertiary/aromatic N) is 1. The van der Waals surface area contributed by atoms with Gasteiger partial charge in [0.25, 0.3) is 10.1 Å². The van der Waals surface area contributed by atoms with Gasteiger partial charge in [0.05, 0.1) is 4.92 Å². The van der Waals surface area contributed by atoms with Crippen molar-refractivity contribution in [3.63, 3.8) is 0 Å². The molecule has 0 amide bonds. The maximum Gasteiger partial charge on any atom is 0.339 e. The Morgan fingerprint density at radius 1 is 1.33 bits per heavy atom. The number of nitro groups is 1. The molecule has 1 aromatic rings. The molecule has 9 nitrogen and oxygen atoms in total. The number of aromatic hydroxyl groups is 1. The second kappa shape index (κ2) is 5.63. The Labute approximate surface area is 122 Å². The summed E-state index contributed by atoms with van der Waals surface area (Å²) >= 11 is 0. The van der Waals surface area contributed by atoms with Crippen LogP contribution in [0.5, 0.6) is 5.75 Å². The maximum atomic E-state index is 10.8. The average Bonchev–Trinajstić information content (AvgIpc) is 2.14. The van der Waals surface area contributed by atoms with E-state index in [1.54, 1.807) is 0 Å². The van der Waals surface area contributed by atoms with E-state index >= 15 is 0 Å². The standard InChI is InChI=1S/C7H5NO8S.Na/c9-6-4(7(10)11)1-3(17(14,15)16)2-5(6)8(12)13;/h1-2,9H,(H,10,11)(H,14,15,16);. The Hall–Kier alpha value is -1.20. The first-order valence-electron chi connectivity index (χ1n) is 3.86. The number of carbonyl (C=O) groups is 1. The summed E-state index contributed by atoms with van der Waals surface area (Å²) in [5.41, 5.74) is -2.12. The summed E-state index contributed by atoms with van der Waals surface area (Å²) in [6.45, 7) is 0. The monoisotopic (exact) mass is 286 g/mol. The van der Waals surface area contributed by atoms with E-state index in [4.69, 9.17) is 9.66 Å². The minimum Gasteiger partial charge on any atom is -0.501 e. The van der Waals surface area contributed by atoms with Crippen molar-refractivity contribution in [3.8, 4) is 5.75 Å². The quantitative estimate of drug-likeness (QED) is 0.300. The number of nitro benzene ring substituents is 1. The third-order valence-corrected chi connectivity index (χ3v) is 2.62. The van der Waals surface area contributed by atoms with E-state index in [9.17, 15) is 28.4 Å². The van der Waals surface area contributed by atoms with Crippen molar-refractivity contribution in [2.24, 2.45) is 0 Å². The van der Waals surface area contributed by atoms with Crippen LogP contribution in [0.25, 0.3) is 0 Å². The second-order valence-corrected chi connectivity index (χ2v) is 4.30. The van der Waals surface area contributed by atoms with Crippen LogP contribution >= 0.6 is 0 Å². The van der Waals surface area contributed by atoms with E-state index < -0.39 is 42.9 Å². The molecule has 18 heavy (non-hydrogen) atoms. The molecule has 0 heterocycles. The Balaban J connectivity index is 0.00000289. The zero-order valence-corrected chi connectivity index (χ0v) is 11.7. The van der Waals surface area contributed by atoms with Crippen LogP contribution in [0.15, 0.2) is 17.0 Å². The number of hydrogen-bond donors (Lipinski definition) is 3. The summed E-state index contributed by atoms with van der Waals surface area (Å²) in [4.78, 5) is 18.9. The van der Waals surface area contributed by atoms with Gasteiger partial charge in [0.15, 0.2) is 0 Å². The van der Waals surface area contributed by atoms with Crippen LogP contribution in [0.1, 0.15) is 10.4 Å². The smallest absolute Gasteiger partial charge is 0.339 e. The topological polar surface area (TPSA) is 155 Å². The van der Waals surface area contributed by atoms with Crippen molar-refractivity contribution in [2.45, 2.75) is 4.90 Å². The SMILES string of the molecule is O=C(O)c1cc(S(=O)(=O)O)cc([N+](=O)[O-])c1O.[Na]. The Kier molecular flexibility index (Phi) is 5.25. The molecule has 3 N–H and O–H groups in total. The minimum absolute atomic E-state index is 0. The summed E-state index contributed by atoms with van der Waals surface area (Å²) in [7, 11) is -4.81. The van der Waals surface area contributed by atoms with Crippen molar-refractivity contribution in [3.05, 3.63) is 27.8 Å². The Morgan fingerprint density at radius 3 is 2.17 bits per heavy atom. The van der Waals surface area contributed by atoms with E-state index in [0.717, 1.165) is 0 Å². The number of phenols is 1. The fraction of sp³-hybridized carbons (Fsp3) is 0. The van der Waals surface area contributed by atoms with Crippen molar-refractivity contribution >= 4 is 51.3 Å². The fourth-order valence-electron chi connectivity index (χ4n) is 1.04. The molecular weight excluding hydrogens is 281 g/mol. The van der Waals surface area contributed by atoms with Crippen molar-refractivity contribution in [2.75, 3.05) is 0 Å². The molecule has 0 saturated carbocycles. The molecule has 11 heteroatoms. The molecule has 0 aliphatic heterocycles. The first-order valence-corrected chi connectivity index (χ1v) is 5.30. The van der Waals surface area contributed by atoms with Gasteiger partial charge >= 0.3 is 11.7 Å². The number of rotatable bonds is 3. The zero-order valence-electron chi connectivity index (χ0n) is 8.89. The van der Waals surface area contributed by atoms with E-state index in [1.807, 2.05) is 0 Å². The summed E-state index contributed by atoms with van der Waals surface area (Å²) in [6.07, 6.45) is 0. The van der Waals surface area contributed by atoms with E-state index in [1.165, 1.54) is 0 Å². The van der Waals surface area contributed by atoms with Crippen molar-refractivity contribution in [1.82, 2.24) is 0 Å². The molecule has 0 atom stereocenters. The van der Waals surface area contributed by atoms with Gasteiger partial charge in [-0.3, -0.25) is 14.7 Å². The van der Waals surface area contributed by atoms with Crippen LogP contribution in [-0.4, -0.2) is 63.6 Å². The predicted molar refractivity (Wildman–Crippen MR) is 57.3 cm³/mol. The van der Waals surface area contributed by atoms with Crippen molar-refractivity contribution < 1.29 is 32.9 Å². The molecule has 1 radical (unpaired) electrons. The number of benzene rings is 1. The van der Waals surface area contributed by atoms with E-state index in [0.29, 0.717) is 12.1 Å². The van der Waals surface area contributed by atoms with E-state index in [-0.39, 0.29) is 29.6 Å². The van der Waals surface area contributed by atoms with Gasteiger partial charge in [0, 0.05) is 35.6 Å². The van der Waals surface area contributed by atoms with Crippen LogP contribution in [0.2, 0.25) is 0 Å². The fourth-order valence-corrected chi connectivity index (χ4v) is 1.57. The molecular formula is C7H5NNaO8S. The largest absolute Gasteiger partial charge is 0.501 e. The van der Waals surface area contributed by atoms with Gasteiger partial charge in [0.2, 0.25) is 5.75 Å². The third-order valence-electron chi connectivity index (χ3n) is 1.79. The third kappa shape index (κ3) is 3.40. The summed E-state index contributed by atoms with van der Waals surface area (Å²) < 4.78 is 30.2. The van der Waals surface area contributed by atoms with Crippen LogP contribution in [0, 0.1) is 10.1 Å². The number of carboxylic acids is 1. The Bertz CT molecular complexity index is 575. The minimum atomic E-state index is -4.81. The first kappa shape index (κ1) is 16.8. The number of aromatic carboxylic acids is 1. The zero-order chi connectivity index (χ0) is 13.4. The summed E-state index contributed by atoms with van der Waals surface area (Å²) in [5.74, 6) is -2.95. The summed E-state index contributed by atoms with van der Waals surface area (Å²) in [6, 6.07) is 0.775. The van der Waals surface area contributed by atoms with Crippen LogP contribution in [-0.2, 0) is 10.1 Å². The molecule has 0 fully saturated rings. The van der Waals surface area contributed by atoms with E-state index in [2.05, 4.69) is 0 Å². The van der Waals surface area contributed by atoms with Crippen LogP contribution in [0.4, 0.5) is 5.69 Å². The number of hydrogen-bond acceptors (Lipinski definition) is 6. The number of carboxylic acid groups (broad SMARTS) is 1. The molecule has 0 spiro atoms. The predicted octanol–water partition coefficient (Wildman–Crippen LogP) is -0.136. The van der Waals surface area contributed by atoms with Gasteiger partial charge in [-0.1, -0.05) is 0 Å². The average molecular weight is 286 g/mol. The molecule has 0 aliphatic rings. The van der Waals surface area contributed by atoms with Crippen LogP contribution in [0.3, 0.4) is 0 Å². The molecule has 1 rings (SSSR count). The van der Waals surface area contributed by atoms with Gasteiger partial charge in [0.1, 0.15) is 10.5 Å². The van der Waals surface area contributed by atoms with Gasteiger partial charge < -0.3 is 10.2 Å². The maximum absolute atomic E-state index is 10.8. The molecule has 0 saturated heterocycles. The summed E-state index contributed by atoms with van der Waals surface area (Å²) in [5, 5.41) is 28.3. The molecule has 93 valence electrons. The molecule has 0 aromatic heterocycles. The van der Waals surface area contributed by atoms with Gasteiger partial charge in [-0.15, -0.1) is 0 Å². The molecule has 0 unspecified atom stereocenters. The van der Waals surface area contributed by atoms with Gasteiger partial charge in [-0.25, -0.2) is 4.79 Å². The second-order valence-electron chi connectivity index (χ2n) is 2.88. The van der Waals surface area contributed by atoms with Crippen molar-refractivity contribution in [1.29, 1.82) is 0 Å². The normalized spacial score (nSPS) is 10.5. The molecule has 1 aromatic carbocycles. The van der Waals surface area contributed by atoms with Gasteiger partial charge in [-0.2, -0.15) is 8.42 Å². The first-order chi connectivity index (χ1) is 7.64.